The van der Waals surface area contributed by atoms with Crippen LogP contribution < -0.4 is 0 Å². The van der Waals surface area contributed by atoms with E-state index < -0.39 is 6.10 Å². The largest absolute Gasteiger partial charge is 0.428 e. The van der Waals surface area contributed by atoms with Crippen molar-refractivity contribution in [1.82, 2.24) is 0 Å². The Morgan fingerprint density at radius 2 is 1.83 bits per heavy atom. The summed E-state index contributed by atoms with van der Waals surface area (Å²) in [5, 5.41) is 8.19. The zero-order valence-electron chi connectivity index (χ0n) is 3.59. The number of rotatable bonds is 1. The van der Waals surface area contributed by atoms with Gasteiger partial charge in [-0.1, -0.05) is 6.10 Å². The smallest absolute Gasteiger partial charge is 0 e. The quantitative estimate of drug-likeness (QED) is 0.696. The van der Waals surface area contributed by atoms with Gasteiger partial charge in [-0.05, 0) is 0 Å². The van der Waals surface area contributed by atoms with Gasteiger partial charge in [-0.15, -0.1) is 0 Å². The molecule has 0 bridgehead atoms. The van der Waals surface area contributed by atoms with Crippen LogP contribution in [0.1, 0.15) is 6.42 Å². The average Bonchev–Trinajstić information content (AvgIpc) is 1.38. The standard InChI is InChI=1S/C4H8O.Np/c1-3-4(2)5;/h4-5H,1-3H2;/q-2;/t4-;/m1./s1. The number of hydrogen-bond acceptors (Lipinski definition) is 1. The van der Waals surface area contributed by atoms with E-state index in [9.17, 15) is 0 Å². The molecule has 2 heteroatoms. The van der Waals surface area contributed by atoms with Crippen LogP contribution in [0.15, 0.2) is 0 Å². The molecular weight excluding hydrogens is 301 g/mol. The predicted molar refractivity (Wildman–Crippen MR) is 21.3 cm³/mol. The summed E-state index contributed by atoms with van der Waals surface area (Å²) in [4.78, 5) is 0. The van der Waals surface area contributed by atoms with Crippen LogP contribution in [0.2, 0.25) is 0 Å². The van der Waals surface area contributed by atoms with Crippen LogP contribution in [0.3, 0.4) is 0 Å². The number of hydrogen-bond donors (Lipinski definition) is 1. The van der Waals surface area contributed by atoms with Gasteiger partial charge >= 0.3 is 0 Å². The van der Waals surface area contributed by atoms with Gasteiger partial charge in [0, 0.05) is 29.9 Å². The molecule has 0 aliphatic rings. The normalized spacial score (nSPS) is 12.5. The van der Waals surface area contributed by atoms with Crippen molar-refractivity contribution in [3.05, 3.63) is 13.8 Å². The molecule has 0 saturated heterocycles. The molecule has 0 aromatic carbocycles. The second-order valence-corrected chi connectivity index (χ2v) is 0.942. The van der Waals surface area contributed by atoms with E-state index in [1.54, 1.807) is 0 Å². The Balaban J connectivity index is 0. The molecule has 0 aromatic heterocycles. The molecule has 1 N–H and O–H groups in total. The average molecular weight is 309 g/mol. The minimum Gasteiger partial charge on any atom is -0.428 e. The minimum absolute atomic E-state index is 0. The minimum atomic E-state index is -0.477. The van der Waals surface area contributed by atoms with Crippen molar-refractivity contribution in [1.29, 1.82) is 0 Å². The summed E-state index contributed by atoms with van der Waals surface area (Å²) >= 11 is 0. The molecule has 0 unspecified atom stereocenters. The van der Waals surface area contributed by atoms with Gasteiger partial charge in [0.1, 0.15) is 0 Å². The molecule has 0 aromatic rings. The third-order valence-corrected chi connectivity index (χ3v) is 0.333. The van der Waals surface area contributed by atoms with Crippen molar-refractivity contribution in [2.75, 3.05) is 0 Å². The maximum Gasteiger partial charge on any atom is 0 e. The van der Waals surface area contributed by atoms with Crippen LogP contribution in [0.5, 0.6) is 0 Å². The van der Waals surface area contributed by atoms with Crippen molar-refractivity contribution >= 4 is 0 Å². The van der Waals surface area contributed by atoms with Gasteiger partial charge in [0.25, 0.3) is 0 Å². The van der Waals surface area contributed by atoms with Gasteiger partial charge in [0.15, 0.2) is 0 Å². The van der Waals surface area contributed by atoms with E-state index in [0.29, 0.717) is 6.42 Å². The van der Waals surface area contributed by atoms with E-state index >= 15 is 0 Å². The molecule has 0 rings (SSSR count). The second kappa shape index (κ2) is 5.97. The molecular formula is C4H8NpO-2. The van der Waals surface area contributed by atoms with Gasteiger partial charge in [-0.2, -0.15) is 6.42 Å². The fourth-order valence-electron chi connectivity index (χ4n) is 0. The number of aliphatic hydroxyl groups is 1. The van der Waals surface area contributed by atoms with E-state index in [2.05, 4.69) is 13.8 Å². The summed E-state index contributed by atoms with van der Waals surface area (Å²) in [7, 11) is 0. The molecule has 1 nitrogen and oxygen atoms in total. The molecule has 37 valence electrons. The van der Waals surface area contributed by atoms with Crippen LogP contribution in [0.4, 0.5) is 0 Å². The molecule has 1 radical (unpaired) electrons. The van der Waals surface area contributed by atoms with Gasteiger partial charge in [0.2, 0.25) is 0 Å². The molecule has 0 fully saturated rings. The Kier molecular flexibility index (Phi) is 10.0. The molecule has 1 atom stereocenters. The van der Waals surface area contributed by atoms with E-state index in [1.165, 1.54) is 0 Å². The Labute approximate surface area is 61.4 Å². The van der Waals surface area contributed by atoms with Crippen LogP contribution >= 0.6 is 0 Å². The van der Waals surface area contributed by atoms with Crippen LogP contribution in [0.25, 0.3) is 0 Å². The Morgan fingerprint density at radius 1 is 1.67 bits per heavy atom. The topological polar surface area (TPSA) is 20.2 Å². The van der Waals surface area contributed by atoms with Crippen LogP contribution in [0, 0.1) is 43.8 Å². The van der Waals surface area contributed by atoms with Gasteiger partial charge in [0.05, 0.1) is 0 Å². The first kappa shape index (κ1) is 10.1. The Bertz CT molecular complexity index is 21.5. The summed E-state index contributed by atoms with van der Waals surface area (Å²) in [6.07, 6.45) is 0.0231. The van der Waals surface area contributed by atoms with Crippen molar-refractivity contribution in [2.45, 2.75) is 12.5 Å². The van der Waals surface area contributed by atoms with E-state index in [0.717, 1.165) is 0 Å². The van der Waals surface area contributed by atoms with E-state index in [1.807, 2.05) is 0 Å². The van der Waals surface area contributed by atoms with Crippen molar-refractivity contribution in [3.63, 3.8) is 0 Å². The number of aliphatic hydroxyl groups excluding tert-OH is 1. The first-order valence-corrected chi connectivity index (χ1v) is 1.57. The van der Waals surface area contributed by atoms with Crippen molar-refractivity contribution in [2.24, 2.45) is 0 Å². The molecule has 0 amide bonds. The van der Waals surface area contributed by atoms with Gasteiger partial charge in [-0.3, -0.25) is 0 Å². The van der Waals surface area contributed by atoms with E-state index in [4.69, 9.17) is 5.11 Å². The molecule has 0 heterocycles. The molecule has 6 heavy (non-hydrogen) atoms. The summed E-state index contributed by atoms with van der Waals surface area (Å²) in [5.74, 6) is 0. The second-order valence-electron chi connectivity index (χ2n) is 0.942. The maximum absolute atomic E-state index is 8.19. The molecule has 0 spiro atoms. The molecule has 0 aliphatic carbocycles. The first-order valence-electron chi connectivity index (χ1n) is 1.57. The van der Waals surface area contributed by atoms with Crippen molar-refractivity contribution in [3.8, 4) is 0 Å². The van der Waals surface area contributed by atoms with Gasteiger partial charge < -0.3 is 19.0 Å². The van der Waals surface area contributed by atoms with E-state index in [-0.39, 0.29) is 29.9 Å². The summed E-state index contributed by atoms with van der Waals surface area (Å²) in [5.41, 5.74) is 0. The van der Waals surface area contributed by atoms with Gasteiger partial charge in [-0.25, -0.2) is 0 Å². The Hall–Kier alpha value is 0.973. The molecule has 0 aliphatic heterocycles. The fourth-order valence-corrected chi connectivity index (χ4v) is 0. The fraction of sp³-hybridized carbons (Fsp3) is 0.500. The van der Waals surface area contributed by atoms with Crippen LogP contribution in [-0.4, -0.2) is 11.2 Å². The van der Waals surface area contributed by atoms with Crippen LogP contribution in [-0.2, 0) is 0 Å². The monoisotopic (exact) mass is 308 g/mol. The SMILES string of the molecule is [CH2-]C[C@@H]([CH2-])O.[Np]. The van der Waals surface area contributed by atoms with Crippen molar-refractivity contribution < 1.29 is 35.0 Å². The Morgan fingerprint density at radius 3 is 1.83 bits per heavy atom. The molecule has 0 saturated carbocycles. The summed E-state index contributed by atoms with van der Waals surface area (Å²) in [6, 6.07) is 0. The maximum atomic E-state index is 8.19. The summed E-state index contributed by atoms with van der Waals surface area (Å²) in [6.45, 7) is 6.62. The third kappa shape index (κ3) is 8.88. The zero-order chi connectivity index (χ0) is 4.28. The first-order chi connectivity index (χ1) is 2.27. The zero-order valence-corrected chi connectivity index (χ0v) is 7.32. The summed E-state index contributed by atoms with van der Waals surface area (Å²) < 4.78 is 0. The predicted octanol–water partition coefficient (Wildman–Crippen LogP) is 0.406. The third-order valence-electron chi connectivity index (χ3n) is 0.333.